The molecule has 0 N–H and O–H groups in total. The van der Waals surface area contributed by atoms with Gasteiger partial charge in [0.1, 0.15) is 5.75 Å². The molecule has 0 spiro atoms. The highest BCUT2D eigenvalue weighted by Gasteiger charge is 2.19. The molecule has 23 heavy (non-hydrogen) atoms. The van der Waals surface area contributed by atoms with Gasteiger partial charge < -0.3 is 14.4 Å². The van der Waals surface area contributed by atoms with Gasteiger partial charge in [-0.15, -0.1) is 11.8 Å². The Labute approximate surface area is 142 Å². The van der Waals surface area contributed by atoms with Crippen LogP contribution in [0.25, 0.3) is 0 Å². The quantitative estimate of drug-likeness (QED) is 0.711. The van der Waals surface area contributed by atoms with E-state index < -0.39 is 0 Å². The number of hydrogen-bond acceptors (Lipinski definition) is 5. The number of carbonyl (C=O) groups excluding carboxylic acids is 1. The molecular weight excluding hydrogens is 312 g/mol. The number of thioether (sulfide) groups is 1. The van der Waals surface area contributed by atoms with Crippen LogP contribution in [-0.2, 0) is 9.53 Å². The molecule has 1 amide bonds. The van der Waals surface area contributed by atoms with Gasteiger partial charge in [-0.3, -0.25) is 9.69 Å². The monoisotopic (exact) mass is 338 g/mol. The van der Waals surface area contributed by atoms with Gasteiger partial charge in [0.2, 0.25) is 5.91 Å². The van der Waals surface area contributed by atoms with Gasteiger partial charge in [-0.1, -0.05) is 0 Å². The molecule has 1 aromatic carbocycles. The smallest absolute Gasteiger partial charge is 0.235 e. The van der Waals surface area contributed by atoms with Crippen molar-refractivity contribution in [2.24, 2.45) is 0 Å². The molecule has 0 aliphatic carbocycles. The van der Waals surface area contributed by atoms with Crippen molar-refractivity contribution in [1.82, 2.24) is 9.80 Å². The second kappa shape index (κ2) is 9.15. The molecule has 1 atom stereocenters. The largest absolute Gasteiger partial charge is 0.497 e. The van der Waals surface area contributed by atoms with Crippen molar-refractivity contribution in [3.8, 4) is 5.75 Å². The van der Waals surface area contributed by atoms with Crippen molar-refractivity contribution in [1.29, 1.82) is 0 Å². The fourth-order valence-electron chi connectivity index (χ4n) is 2.45. The number of benzene rings is 1. The highest BCUT2D eigenvalue weighted by Crippen LogP contribution is 2.26. The summed E-state index contributed by atoms with van der Waals surface area (Å²) in [4.78, 5) is 17.7. The van der Waals surface area contributed by atoms with Crippen molar-refractivity contribution in [2.75, 3.05) is 53.6 Å². The summed E-state index contributed by atoms with van der Waals surface area (Å²) in [7, 11) is 3.53. The number of carbonyl (C=O) groups is 1. The molecule has 0 saturated carbocycles. The predicted molar refractivity (Wildman–Crippen MR) is 93.2 cm³/mol. The first kappa shape index (κ1) is 18.1. The fraction of sp³-hybridized carbons (Fsp3) is 0.588. The molecule has 1 fully saturated rings. The number of ether oxygens (including phenoxy) is 2. The number of rotatable bonds is 7. The highest BCUT2D eigenvalue weighted by atomic mass is 32.2. The van der Waals surface area contributed by atoms with E-state index in [2.05, 4.69) is 4.90 Å². The minimum absolute atomic E-state index is 0.0990. The number of morpholine rings is 1. The summed E-state index contributed by atoms with van der Waals surface area (Å²) in [5.74, 6) is 0.995. The molecule has 6 heteroatoms. The van der Waals surface area contributed by atoms with E-state index in [1.165, 1.54) is 0 Å². The molecule has 1 aromatic rings. The second-order valence-corrected chi connectivity index (χ2v) is 7.06. The van der Waals surface area contributed by atoms with E-state index in [0.717, 1.165) is 50.0 Å². The first-order chi connectivity index (χ1) is 11.1. The molecule has 0 bridgehead atoms. The Hall–Kier alpha value is -1.24. The first-order valence-electron chi connectivity index (χ1n) is 7.96. The Morgan fingerprint density at radius 3 is 2.61 bits per heavy atom. The third-order valence-corrected chi connectivity index (χ3v) is 5.05. The summed E-state index contributed by atoms with van der Waals surface area (Å²) in [5, 5.41) is -0.0990. The van der Waals surface area contributed by atoms with E-state index >= 15 is 0 Å². The number of hydrogen-bond donors (Lipinski definition) is 0. The van der Waals surface area contributed by atoms with Crippen LogP contribution in [0.1, 0.15) is 6.92 Å². The van der Waals surface area contributed by atoms with Crippen LogP contribution < -0.4 is 4.74 Å². The zero-order chi connectivity index (χ0) is 16.7. The van der Waals surface area contributed by atoms with Gasteiger partial charge in [-0.05, 0) is 31.2 Å². The Balaban J connectivity index is 1.77. The lowest BCUT2D eigenvalue weighted by molar-refractivity contribution is -0.129. The maximum atomic E-state index is 12.5. The van der Waals surface area contributed by atoms with Gasteiger partial charge in [-0.2, -0.15) is 0 Å². The van der Waals surface area contributed by atoms with Gasteiger partial charge in [-0.25, -0.2) is 0 Å². The summed E-state index contributed by atoms with van der Waals surface area (Å²) in [5.41, 5.74) is 0. The van der Waals surface area contributed by atoms with Crippen molar-refractivity contribution in [2.45, 2.75) is 17.1 Å². The molecule has 0 unspecified atom stereocenters. The maximum absolute atomic E-state index is 12.5. The Bertz CT molecular complexity index is 489. The minimum atomic E-state index is -0.0990. The Morgan fingerprint density at radius 2 is 2.00 bits per heavy atom. The SMILES string of the molecule is COc1ccc(S[C@H](C)C(=O)N(C)CCN2CCOCC2)cc1. The summed E-state index contributed by atoms with van der Waals surface area (Å²) >= 11 is 1.58. The normalized spacial score (nSPS) is 16.8. The Morgan fingerprint density at radius 1 is 1.35 bits per heavy atom. The highest BCUT2D eigenvalue weighted by molar-refractivity contribution is 8.00. The van der Waals surface area contributed by atoms with Gasteiger partial charge in [0.05, 0.1) is 25.6 Å². The molecule has 1 saturated heterocycles. The van der Waals surface area contributed by atoms with Gasteiger partial charge in [0.15, 0.2) is 0 Å². The predicted octanol–water partition coefficient (Wildman–Crippen LogP) is 1.97. The van der Waals surface area contributed by atoms with Crippen LogP contribution in [0.2, 0.25) is 0 Å². The van der Waals surface area contributed by atoms with Gasteiger partial charge in [0, 0.05) is 38.1 Å². The van der Waals surface area contributed by atoms with E-state index in [1.54, 1.807) is 18.9 Å². The summed E-state index contributed by atoms with van der Waals surface area (Å²) in [6.07, 6.45) is 0. The fourth-order valence-corrected chi connectivity index (χ4v) is 3.43. The molecule has 5 nitrogen and oxygen atoms in total. The van der Waals surface area contributed by atoms with E-state index in [-0.39, 0.29) is 11.2 Å². The number of likely N-dealkylation sites (N-methyl/N-ethyl adjacent to an activating group) is 1. The van der Waals surface area contributed by atoms with Gasteiger partial charge in [0.25, 0.3) is 0 Å². The van der Waals surface area contributed by atoms with Crippen LogP contribution >= 0.6 is 11.8 Å². The molecule has 2 rings (SSSR count). The molecule has 0 aromatic heterocycles. The molecule has 0 radical (unpaired) electrons. The molecular formula is C17H26N2O3S. The third-order valence-electron chi connectivity index (χ3n) is 3.95. The molecule has 1 aliphatic rings. The van der Waals surface area contributed by atoms with Crippen LogP contribution in [0.3, 0.4) is 0 Å². The molecule has 1 aliphatic heterocycles. The zero-order valence-electron chi connectivity index (χ0n) is 14.2. The van der Waals surface area contributed by atoms with Crippen molar-refractivity contribution >= 4 is 17.7 Å². The number of amides is 1. The summed E-state index contributed by atoms with van der Waals surface area (Å²) in [6, 6.07) is 7.81. The van der Waals surface area contributed by atoms with Crippen LogP contribution in [0.15, 0.2) is 29.2 Å². The maximum Gasteiger partial charge on any atom is 0.235 e. The topological polar surface area (TPSA) is 42.0 Å². The van der Waals surface area contributed by atoms with Crippen molar-refractivity contribution in [3.63, 3.8) is 0 Å². The van der Waals surface area contributed by atoms with E-state index in [4.69, 9.17) is 9.47 Å². The number of methoxy groups -OCH3 is 1. The summed E-state index contributed by atoms with van der Waals surface area (Å²) < 4.78 is 10.5. The standard InChI is InChI=1S/C17H26N2O3S/c1-14(23-16-6-4-15(21-3)5-7-16)17(20)18(2)8-9-19-10-12-22-13-11-19/h4-7,14H,8-13H2,1-3H3/t14-/m1/s1. The molecule has 1 heterocycles. The minimum Gasteiger partial charge on any atom is -0.497 e. The van der Waals surface area contributed by atoms with Gasteiger partial charge >= 0.3 is 0 Å². The average Bonchev–Trinajstić information content (AvgIpc) is 2.60. The Kier molecular flexibility index (Phi) is 7.20. The third kappa shape index (κ3) is 5.71. The van der Waals surface area contributed by atoms with Crippen LogP contribution in [-0.4, -0.2) is 74.5 Å². The van der Waals surface area contributed by atoms with E-state index in [1.807, 2.05) is 43.1 Å². The van der Waals surface area contributed by atoms with E-state index in [9.17, 15) is 4.79 Å². The van der Waals surface area contributed by atoms with Crippen LogP contribution in [0, 0.1) is 0 Å². The lowest BCUT2D eigenvalue weighted by Crippen LogP contribution is -2.43. The average molecular weight is 338 g/mol. The lowest BCUT2D eigenvalue weighted by Gasteiger charge is -2.29. The first-order valence-corrected chi connectivity index (χ1v) is 8.84. The van der Waals surface area contributed by atoms with Crippen LogP contribution in [0.5, 0.6) is 5.75 Å². The lowest BCUT2D eigenvalue weighted by atomic mass is 10.3. The summed E-state index contributed by atoms with van der Waals surface area (Å²) in [6.45, 7) is 7.12. The second-order valence-electron chi connectivity index (χ2n) is 5.65. The van der Waals surface area contributed by atoms with Crippen molar-refractivity contribution < 1.29 is 14.3 Å². The molecule has 128 valence electrons. The van der Waals surface area contributed by atoms with E-state index in [0.29, 0.717) is 0 Å². The number of nitrogens with zero attached hydrogens (tertiary/aromatic N) is 2. The van der Waals surface area contributed by atoms with Crippen molar-refractivity contribution in [3.05, 3.63) is 24.3 Å². The zero-order valence-corrected chi connectivity index (χ0v) is 15.0. The van der Waals surface area contributed by atoms with Crippen LogP contribution in [0.4, 0.5) is 0 Å².